The molecule has 2 N–H and O–H groups in total. The Morgan fingerprint density at radius 3 is 2.32 bits per heavy atom. The second-order valence-corrected chi connectivity index (χ2v) is 5.21. The van der Waals surface area contributed by atoms with Crippen molar-refractivity contribution in [1.29, 1.82) is 0 Å². The SMILES string of the molecule is CC(=O)c1ccc(NC(=O)NC(C)C2CCC2)cc1. The molecule has 2 amide bonds. The van der Waals surface area contributed by atoms with Crippen LogP contribution in [0.3, 0.4) is 0 Å². The zero-order valence-electron chi connectivity index (χ0n) is 11.4. The largest absolute Gasteiger partial charge is 0.335 e. The van der Waals surface area contributed by atoms with E-state index in [4.69, 9.17) is 0 Å². The summed E-state index contributed by atoms with van der Waals surface area (Å²) in [6.45, 7) is 3.57. The first-order chi connectivity index (χ1) is 9.06. The van der Waals surface area contributed by atoms with E-state index in [1.807, 2.05) is 6.92 Å². The predicted octanol–water partition coefficient (Wildman–Crippen LogP) is 3.20. The van der Waals surface area contributed by atoms with Gasteiger partial charge in [-0.05, 0) is 56.9 Å². The monoisotopic (exact) mass is 260 g/mol. The average molecular weight is 260 g/mol. The topological polar surface area (TPSA) is 58.2 Å². The zero-order chi connectivity index (χ0) is 13.8. The lowest BCUT2D eigenvalue weighted by Gasteiger charge is -2.31. The summed E-state index contributed by atoms with van der Waals surface area (Å²) in [5.74, 6) is 0.639. The van der Waals surface area contributed by atoms with Gasteiger partial charge in [0, 0.05) is 17.3 Å². The number of hydrogen-bond donors (Lipinski definition) is 2. The Kier molecular flexibility index (Phi) is 4.20. The zero-order valence-corrected chi connectivity index (χ0v) is 11.4. The average Bonchev–Trinajstić information content (AvgIpc) is 2.26. The molecule has 0 heterocycles. The fourth-order valence-electron chi connectivity index (χ4n) is 2.22. The number of urea groups is 1. The van der Waals surface area contributed by atoms with E-state index in [1.54, 1.807) is 24.3 Å². The normalized spacial score (nSPS) is 16.3. The minimum Gasteiger partial charge on any atom is -0.335 e. The molecule has 1 unspecified atom stereocenters. The Morgan fingerprint density at radius 2 is 1.84 bits per heavy atom. The third-order valence-corrected chi connectivity index (χ3v) is 3.76. The van der Waals surface area contributed by atoms with Crippen molar-refractivity contribution in [1.82, 2.24) is 5.32 Å². The maximum Gasteiger partial charge on any atom is 0.319 e. The van der Waals surface area contributed by atoms with Crippen LogP contribution in [-0.4, -0.2) is 17.9 Å². The molecule has 102 valence electrons. The molecule has 0 aliphatic heterocycles. The van der Waals surface area contributed by atoms with Gasteiger partial charge in [0.25, 0.3) is 0 Å². The van der Waals surface area contributed by atoms with Crippen LogP contribution >= 0.6 is 0 Å². The van der Waals surface area contributed by atoms with E-state index in [2.05, 4.69) is 10.6 Å². The highest BCUT2D eigenvalue weighted by atomic mass is 16.2. The summed E-state index contributed by atoms with van der Waals surface area (Å²) < 4.78 is 0. The van der Waals surface area contributed by atoms with E-state index < -0.39 is 0 Å². The molecule has 0 saturated heterocycles. The van der Waals surface area contributed by atoms with Gasteiger partial charge in [0.1, 0.15) is 0 Å². The molecule has 1 aromatic rings. The van der Waals surface area contributed by atoms with Crippen LogP contribution < -0.4 is 10.6 Å². The lowest BCUT2D eigenvalue weighted by Crippen LogP contribution is -2.42. The van der Waals surface area contributed by atoms with Crippen molar-refractivity contribution >= 4 is 17.5 Å². The summed E-state index contributed by atoms with van der Waals surface area (Å²) in [5.41, 5.74) is 1.34. The Balaban J connectivity index is 1.85. The van der Waals surface area contributed by atoms with Gasteiger partial charge in [-0.1, -0.05) is 6.42 Å². The van der Waals surface area contributed by atoms with Crippen molar-refractivity contribution in [3.63, 3.8) is 0 Å². The molecule has 4 heteroatoms. The number of carbonyl (C=O) groups is 2. The first-order valence-corrected chi connectivity index (χ1v) is 6.75. The fourth-order valence-corrected chi connectivity index (χ4v) is 2.22. The van der Waals surface area contributed by atoms with Crippen molar-refractivity contribution in [3.8, 4) is 0 Å². The molecule has 0 spiro atoms. The van der Waals surface area contributed by atoms with Gasteiger partial charge in [-0.15, -0.1) is 0 Å². The summed E-state index contributed by atoms with van der Waals surface area (Å²) in [5, 5.41) is 5.73. The van der Waals surface area contributed by atoms with Crippen molar-refractivity contribution in [2.45, 2.75) is 39.2 Å². The van der Waals surface area contributed by atoms with Crippen LogP contribution in [0.1, 0.15) is 43.5 Å². The highest BCUT2D eigenvalue weighted by molar-refractivity contribution is 5.95. The molecular weight excluding hydrogens is 240 g/mol. The molecule has 1 saturated carbocycles. The highest BCUT2D eigenvalue weighted by Crippen LogP contribution is 2.29. The summed E-state index contributed by atoms with van der Waals surface area (Å²) in [6.07, 6.45) is 3.67. The number of ketones is 1. The van der Waals surface area contributed by atoms with Gasteiger partial charge in [-0.2, -0.15) is 0 Å². The van der Waals surface area contributed by atoms with Crippen LogP contribution in [0.25, 0.3) is 0 Å². The number of benzene rings is 1. The predicted molar refractivity (Wildman–Crippen MR) is 75.4 cm³/mol. The summed E-state index contributed by atoms with van der Waals surface area (Å²) in [4.78, 5) is 22.9. The molecule has 0 radical (unpaired) electrons. The molecule has 2 rings (SSSR count). The van der Waals surface area contributed by atoms with E-state index in [9.17, 15) is 9.59 Å². The number of amides is 2. The Bertz CT molecular complexity index is 464. The van der Waals surface area contributed by atoms with Crippen LogP contribution in [-0.2, 0) is 0 Å². The van der Waals surface area contributed by atoms with Gasteiger partial charge in [0.15, 0.2) is 5.78 Å². The molecule has 0 bridgehead atoms. The minimum atomic E-state index is -0.185. The fraction of sp³-hybridized carbons (Fsp3) is 0.467. The number of carbonyl (C=O) groups excluding carboxylic acids is 2. The summed E-state index contributed by atoms with van der Waals surface area (Å²) >= 11 is 0. The van der Waals surface area contributed by atoms with Crippen LogP contribution in [0, 0.1) is 5.92 Å². The van der Waals surface area contributed by atoms with E-state index in [0.717, 1.165) is 0 Å². The first kappa shape index (κ1) is 13.6. The van der Waals surface area contributed by atoms with Crippen LogP contribution in [0.5, 0.6) is 0 Å². The molecular formula is C15H20N2O2. The molecule has 19 heavy (non-hydrogen) atoms. The Morgan fingerprint density at radius 1 is 1.21 bits per heavy atom. The molecule has 4 nitrogen and oxygen atoms in total. The smallest absolute Gasteiger partial charge is 0.319 e. The highest BCUT2D eigenvalue weighted by Gasteiger charge is 2.24. The summed E-state index contributed by atoms with van der Waals surface area (Å²) in [6, 6.07) is 6.94. The standard InChI is InChI=1S/C15H20N2O2/c1-10(12-4-3-5-12)16-15(19)17-14-8-6-13(7-9-14)11(2)18/h6-10,12H,3-5H2,1-2H3,(H2,16,17,19). The first-order valence-electron chi connectivity index (χ1n) is 6.75. The van der Waals surface area contributed by atoms with Crippen LogP contribution in [0.4, 0.5) is 10.5 Å². The third kappa shape index (κ3) is 3.56. The van der Waals surface area contributed by atoms with E-state index in [0.29, 0.717) is 17.2 Å². The van der Waals surface area contributed by atoms with Gasteiger partial charge >= 0.3 is 6.03 Å². The number of Topliss-reactive ketones (excluding diaryl/α,β-unsaturated/α-hetero) is 1. The number of hydrogen-bond acceptors (Lipinski definition) is 2. The molecule has 0 aromatic heterocycles. The van der Waals surface area contributed by atoms with Gasteiger partial charge in [-0.25, -0.2) is 4.79 Å². The minimum absolute atomic E-state index is 0.0228. The van der Waals surface area contributed by atoms with Crippen LogP contribution in [0.15, 0.2) is 24.3 Å². The maximum atomic E-state index is 11.8. The quantitative estimate of drug-likeness (QED) is 0.817. The third-order valence-electron chi connectivity index (χ3n) is 3.76. The van der Waals surface area contributed by atoms with Crippen molar-refractivity contribution in [3.05, 3.63) is 29.8 Å². The Hall–Kier alpha value is -1.84. The number of rotatable bonds is 4. The van der Waals surface area contributed by atoms with E-state index >= 15 is 0 Å². The summed E-state index contributed by atoms with van der Waals surface area (Å²) in [7, 11) is 0. The van der Waals surface area contributed by atoms with E-state index in [1.165, 1.54) is 26.2 Å². The second kappa shape index (κ2) is 5.87. The van der Waals surface area contributed by atoms with Gasteiger partial charge in [0.05, 0.1) is 0 Å². The second-order valence-electron chi connectivity index (χ2n) is 5.21. The number of nitrogens with one attached hydrogen (secondary N) is 2. The van der Waals surface area contributed by atoms with Crippen molar-refractivity contribution < 1.29 is 9.59 Å². The number of anilines is 1. The molecule has 1 aromatic carbocycles. The lowest BCUT2D eigenvalue weighted by atomic mass is 9.80. The van der Waals surface area contributed by atoms with Crippen LogP contribution in [0.2, 0.25) is 0 Å². The van der Waals surface area contributed by atoms with Crippen molar-refractivity contribution in [2.24, 2.45) is 5.92 Å². The molecule has 1 fully saturated rings. The Labute approximate surface area is 113 Å². The van der Waals surface area contributed by atoms with E-state index in [-0.39, 0.29) is 17.9 Å². The molecule has 1 aliphatic rings. The van der Waals surface area contributed by atoms with Gasteiger partial charge < -0.3 is 10.6 Å². The lowest BCUT2D eigenvalue weighted by molar-refractivity contribution is 0.101. The van der Waals surface area contributed by atoms with Crippen molar-refractivity contribution in [2.75, 3.05) is 5.32 Å². The van der Waals surface area contributed by atoms with Gasteiger partial charge in [0.2, 0.25) is 0 Å². The molecule has 1 aliphatic carbocycles. The molecule has 1 atom stereocenters. The maximum absolute atomic E-state index is 11.8. The van der Waals surface area contributed by atoms with Gasteiger partial charge in [-0.3, -0.25) is 4.79 Å².